The Morgan fingerprint density at radius 2 is 2.10 bits per heavy atom. The molecule has 1 aliphatic rings. The minimum atomic E-state index is -0.0378. The van der Waals surface area contributed by atoms with E-state index in [1.165, 1.54) is 16.7 Å². The smallest absolute Gasteiger partial charge is 0.241 e. The Hall–Kier alpha value is -1.65. The molecule has 21 heavy (non-hydrogen) atoms. The molecule has 0 aliphatic carbocycles. The van der Waals surface area contributed by atoms with Crippen LogP contribution in [0.5, 0.6) is 0 Å². The lowest BCUT2D eigenvalue weighted by molar-refractivity contribution is -0.129. The number of carbonyl (C=O) groups excluding carboxylic acids is 1. The molecule has 1 N–H and O–H groups in total. The lowest BCUT2D eigenvalue weighted by atomic mass is 10.1. The van der Waals surface area contributed by atoms with Crippen molar-refractivity contribution in [3.8, 4) is 0 Å². The Morgan fingerprint density at radius 1 is 1.29 bits per heavy atom. The Balaban J connectivity index is 1.55. The zero-order valence-electron chi connectivity index (χ0n) is 12.2. The van der Waals surface area contributed by atoms with Gasteiger partial charge in [-0.1, -0.05) is 30.3 Å². The first-order valence-corrected chi connectivity index (χ1v) is 8.26. The second-order valence-electron chi connectivity index (χ2n) is 5.56. The van der Waals surface area contributed by atoms with Crippen LogP contribution in [0.15, 0.2) is 41.1 Å². The van der Waals surface area contributed by atoms with Crippen LogP contribution in [0.4, 0.5) is 0 Å². The van der Waals surface area contributed by atoms with Crippen molar-refractivity contribution in [3.05, 3.63) is 57.8 Å². The quantitative estimate of drug-likeness (QED) is 0.921. The molecule has 1 atom stereocenters. The number of amides is 1. The fraction of sp³-hybridized carbons (Fsp3) is 0.353. The topological polar surface area (TPSA) is 32.3 Å². The summed E-state index contributed by atoms with van der Waals surface area (Å²) in [4.78, 5) is 14.4. The number of benzene rings is 1. The third-order valence-corrected chi connectivity index (χ3v) is 4.94. The molecule has 2 aromatic rings. The minimum absolute atomic E-state index is 0.0378. The second kappa shape index (κ2) is 6.41. The van der Waals surface area contributed by atoms with Crippen LogP contribution >= 0.6 is 11.3 Å². The Labute approximate surface area is 129 Å². The lowest BCUT2D eigenvalue weighted by Crippen LogP contribution is -2.30. The summed E-state index contributed by atoms with van der Waals surface area (Å²) in [6.45, 7) is 3.49. The van der Waals surface area contributed by atoms with E-state index in [-0.39, 0.29) is 11.9 Å². The zero-order chi connectivity index (χ0) is 14.7. The highest BCUT2D eigenvalue weighted by atomic mass is 32.1. The molecule has 3 rings (SSSR count). The monoisotopic (exact) mass is 300 g/mol. The first-order valence-electron chi connectivity index (χ1n) is 7.32. The fourth-order valence-corrected chi connectivity index (χ4v) is 3.52. The van der Waals surface area contributed by atoms with Crippen LogP contribution in [0.2, 0.25) is 0 Å². The maximum Gasteiger partial charge on any atom is 0.241 e. The number of hydrogen-bond acceptors (Lipinski definition) is 3. The summed E-state index contributed by atoms with van der Waals surface area (Å²) in [6, 6.07) is 10.3. The van der Waals surface area contributed by atoms with Crippen molar-refractivity contribution >= 4 is 17.2 Å². The predicted molar refractivity (Wildman–Crippen MR) is 86.2 cm³/mol. The van der Waals surface area contributed by atoms with E-state index in [0.717, 1.165) is 19.4 Å². The summed E-state index contributed by atoms with van der Waals surface area (Å²) in [5.74, 6) is 0.233. The van der Waals surface area contributed by atoms with Gasteiger partial charge in [-0.25, -0.2) is 0 Å². The van der Waals surface area contributed by atoms with Gasteiger partial charge in [-0.3, -0.25) is 10.1 Å². The van der Waals surface area contributed by atoms with Crippen molar-refractivity contribution in [2.45, 2.75) is 32.4 Å². The number of carbonyl (C=O) groups is 1. The van der Waals surface area contributed by atoms with Crippen LogP contribution < -0.4 is 5.32 Å². The molecule has 1 amide bonds. The van der Waals surface area contributed by atoms with Crippen LogP contribution in [-0.2, 0) is 17.8 Å². The van der Waals surface area contributed by atoms with E-state index in [9.17, 15) is 4.79 Å². The third-order valence-electron chi connectivity index (χ3n) is 4.03. The van der Waals surface area contributed by atoms with Gasteiger partial charge in [0, 0.05) is 6.54 Å². The van der Waals surface area contributed by atoms with Gasteiger partial charge < -0.3 is 4.90 Å². The van der Waals surface area contributed by atoms with Gasteiger partial charge in [-0.2, -0.15) is 11.3 Å². The first-order chi connectivity index (χ1) is 10.2. The summed E-state index contributed by atoms with van der Waals surface area (Å²) in [5.41, 5.74) is 3.83. The molecule has 1 aliphatic heterocycles. The SMILES string of the molecule is Cc1cscc1CN1CNC(CCc2ccccc2)C1=O. The molecule has 0 radical (unpaired) electrons. The Morgan fingerprint density at radius 3 is 2.81 bits per heavy atom. The molecule has 4 heteroatoms. The van der Waals surface area contributed by atoms with Crippen LogP contribution in [0, 0.1) is 6.92 Å². The number of nitrogens with zero attached hydrogens (tertiary/aromatic N) is 1. The maximum atomic E-state index is 12.4. The molecule has 2 heterocycles. The molecule has 1 aromatic carbocycles. The highest BCUT2D eigenvalue weighted by Gasteiger charge is 2.30. The molecule has 1 fully saturated rings. The minimum Gasteiger partial charge on any atom is -0.324 e. The molecule has 3 nitrogen and oxygen atoms in total. The summed E-state index contributed by atoms with van der Waals surface area (Å²) in [7, 11) is 0. The van der Waals surface area contributed by atoms with Crippen molar-refractivity contribution in [1.82, 2.24) is 10.2 Å². The number of thiophene rings is 1. The highest BCUT2D eigenvalue weighted by molar-refractivity contribution is 7.08. The van der Waals surface area contributed by atoms with Gasteiger partial charge in [0.15, 0.2) is 0 Å². The van der Waals surface area contributed by atoms with Gasteiger partial charge in [-0.15, -0.1) is 0 Å². The van der Waals surface area contributed by atoms with E-state index in [0.29, 0.717) is 6.67 Å². The van der Waals surface area contributed by atoms with E-state index in [2.05, 4.69) is 35.1 Å². The van der Waals surface area contributed by atoms with Crippen molar-refractivity contribution in [2.24, 2.45) is 0 Å². The summed E-state index contributed by atoms with van der Waals surface area (Å²) in [5, 5.41) is 7.61. The van der Waals surface area contributed by atoms with Crippen LogP contribution in [0.3, 0.4) is 0 Å². The van der Waals surface area contributed by atoms with Crippen LogP contribution in [-0.4, -0.2) is 23.5 Å². The normalized spacial score (nSPS) is 18.4. The molecule has 1 unspecified atom stereocenters. The molecular weight excluding hydrogens is 280 g/mol. The van der Waals surface area contributed by atoms with E-state index >= 15 is 0 Å². The lowest BCUT2D eigenvalue weighted by Gasteiger charge is -2.15. The molecule has 110 valence electrons. The molecule has 1 aromatic heterocycles. The molecule has 0 spiro atoms. The summed E-state index contributed by atoms with van der Waals surface area (Å²) in [6.07, 6.45) is 1.80. The van der Waals surface area contributed by atoms with Crippen LogP contribution in [0.25, 0.3) is 0 Å². The number of hydrogen-bond donors (Lipinski definition) is 1. The maximum absolute atomic E-state index is 12.4. The van der Waals surface area contributed by atoms with E-state index in [4.69, 9.17) is 0 Å². The second-order valence-corrected chi connectivity index (χ2v) is 6.30. The summed E-state index contributed by atoms with van der Waals surface area (Å²) < 4.78 is 0. The van der Waals surface area contributed by atoms with E-state index < -0.39 is 0 Å². The van der Waals surface area contributed by atoms with Crippen molar-refractivity contribution in [3.63, 3.8) is 0 Å². The number of nitrogens with one attached hydrogen (secondary N) is 1. The summed E-state index contributed by atoms with van der Waals surface area (Å²) >= 11 is 1.70. The van der Waals surface area contributed by atoms with Crippen LogP contribution in [0.1, 0.15) is 23.1 Å². The van der Waals surface area contributed by atoms with Gasteiger partial charge in [0.2, 0.25) is 5.91 Å². The average molecular weight is 300 g/mol. The Kier molecular flexibility index (Phi) is 4.36. The van der Waals surface area contributed by atoms with Crippen molar-refractivity contribution in [1.29, 1.82) is 0 Å². The van der Waals surface area contributed by atoms with Gasteiger partial charge in [0.25, 0.3) is 0 Å². The third kappa shape index (κ3) is 3.34. The van der Waals surface area contributed by atoms with Crippen molar-refractivity contribution in [2.75, 3.05) is 6.67 Å². The average Bonchev–Trinajstić information content (AvgIpc) is 3.06. The number of aryl methyl sites for hydroxylation is 2. The molecule has 0 saturated carbocycles. The van der Waals surface area contributed by atoms with E-state index in [1.54, 1.807) is 11.3 Å². The largest absolute Gasteiger partial charge is 0.324 e. The predicted octanol–water partition coefficient (Wildman–Crippen LogP) is 2.95. The first kappa shape index (κ1) is 14.3. The molecule has 1 saturated heterocycles. The van der Waals surface area contributed by atoms with E-state index in [1.807, 2.05) is 23.1 Å². The van der Waals surface area contributed by atoms with Gasteiger partial charge in [0.05, 0.1) is 12.7 Å². The fourth-order valence-electron chi connectivity index (χ4n) is 2.68. The molecular formula is C17H20N2OS. The molecule has 0 bridgehead atoms. The van der Waals surface area contributed by atoms with Crippen molar-refractivity contribution < 1.29 is 4.79 Å². The van der Waals surface area contributed by atoms with Gasteiger partial charge in [0.1, 0.15) is 0 Å². The highest BCUT2D eigenvalue weighted by Crippen LogP contribution is 2.19. The Bertz CT molecular complexity index is 608. The zero-order valence-corrected chi connectivity index (χ0v) is 13.0. The van der Waals surface area contributed by atoms with Gasteiger partial charge >= 0.3 is 0 Å². The van der Waals surface area contributed by atoms with Gasteiger partial charge in [-0.05, 0) is 47.2 Å². The number of rotatable bonds is 5. The standard InChI is InChI=1S/C17H20N2OS/c1-13-10-21-11-15(13)9-19-12-18-16(17(19)20)8-7-14-5-3-2-4-6-14/h2-6,10-11,16,18H,7-9,12H2,1H3.